The van der Waals surface area contributed by atoms with E-state index in [4.69, 9.17) is 0 Å². The number of para-hydroxylation sites is 1. The Kier molecular flexibility index (Phi) is 11.1. The first kappa shape index (κ1) is 34.2. The maximum Gasteiger partial charge on any atom is 0.418 e. The van der Waals surface area contributed by atoms with E-state index in [0.717, 1.165) is 22.3 Å². The zero-order valence-electron chi connectivity index (χ0n) is 25.0. The van der Waals surface area contributed by atoms with Gasteiger partial charge in [-0.3, -0.25) is 14.4 Å². The minimum absolute atomic E-state index is 0.0181. The number of alkyl halides is 3. The Morgan fingerprint density at radius 3 is 1.96 bits per heavy atom. The molecule has 3 amide bonds. The van der Waals surface area contributed by atoms with Crippen LogP contribution in [0.3, 0.4) is 0 Å². The summed E-state index contributed by atoms with van der Waals surface area (Å²) in [5.74, 6) is -1.64. The van der Waals surface area contributed by atoms with Crippen molar-refractivity contribution in [2.45, 2.75) is 16.3 Å². The number of carbonyl (C=O) groups is 3. The largest absolute Gasteiger partial charge is 0.418 e. The summed E-state index contributed by atoms with van der Waals surface area (Å²) in [7, 11) is 0. The molecule has 0 heterocycles. The van der Waals surface area contributed by atoms with Gasteiger partial charge in [-0.25, -0.2) is 0 Å². The molecule has 0 saturated carbocycles. The monoisotopic (exact) mass is 729 g/mol. The fourth-order valence-electron chi connectivity index (χ4n) is 4.56. The second-order valence-corrected chi connectivity index (χ2v) is 12.4. The first-order valence-corrected chi connectivity index (χ1v) is 16.2. The maximum absolute atomic E-state index is 13.6. The number of hydrogen-bond acceptors (Lipinski definition) is 4. The molecule has 0 fully saturated rings. The predicted molar refractivity (Wildman–Crippen MR) is 186 cm³/mol. The molecule has 1 unspecified atom stereocenters. The lowest BCUT2D eigenvalue weighted by atomic mass is 10.1. The van der Waals surface area contributed by atoms with Crippen molar-refractivity contribution in [3.63, 3.8) is 0 Å². The topological polar surface area (TPSA) is 87.3 Å². The van der Waals surface area contributed by atoms with Gasteiger partial charge in [0.2, 0.25) is 5.91 Å². The molecule has 0 aliphatic rings. The number of nitrogens with one attached hydrogen (secondary N) is 3. The molecule has 0 spiro atoms. The third-order valence-electron chi connectivity index (χ3n) is 6.91. The molecule has 5 aromatic carbocycles. The van der Waals surface area contributed by atoms with Crippen molar-refractivity contribution in [1.29, 1.82) is 0 Å². The van der Waals surface area contributed by atoms with Gasteiger partial charge in [-0.15, -0.1) is 11.8 Å². The molecule has 242 valence electrons. The van der Waals surface area contributed by atoms with Gasteiger partial charge >= 0.3 is 6.18 Å². The van der Waals surface area contributed by atoms with Gasteiger partial charge in [0.25, 0.3) is 11.8 Å². The highest BCUT2D eigenvalue weighted by Gasteiger charge is 2.34. The van der Waals surface area contributed by atoms with E-state index in [2.05, 4.69) is 31.9 Å². The van der Waals surface area contributed by atoms with Gasteiger partial charge in [-0.1, -0.05) is 88.7 Å². The molecular weight excluding hydrogens is 703 g/mol. The smallest absolute Gasteiger partial charge is 0.324 e. The van der Waals surface area contributed by atoms with Crippen LogP contribution in [0.5, 0.6) is 0 Å². The molecule has 0 aliphatic carbocycles. The van der Waals surface area contributed by atoms with Gasteiger partial charge in [0.15, 0.2) is 0 Å². The minimum Gasteiger partial charge on any atom is -0.324 e. The average Bonchev–Trinajstić information content (AvgIpc) is 3.09. The number of carbonyl (C=O) groups excluding carboxylic acids is 3. The quantitative estimate of drug-likeness (QED) is 0.0988. The molecule has 0 aromatic heterocycles. The normalized spacial score (nSPS) is 12.1. The number of halogens is 4. The van der Waals surface area contributed by atoms with Gasteiger partial charge in [0.1, 0.15) is 10.9 Å². The van der Waals surface area contributed by atoms with Crippen molar-refractivity contribution in [3.05, 3.63) is 166 Å². The highest BCUT2D eigenvalue weighted by Crippen LogP contribution is 2.39. The van der Waals surface area contributed by atoms with E-state index in [-0.39, 0.29) is 11.4 Å². The van der Waals surface area contributed by atoms with Gasteiger partial charge in [0.05, 0.1) is 11.3 Å². The summed E-state index contributed by atoms with van der Waals surface area (Å²) in [5, 5.41) is 7.06. The molecule has 48 heavy (non-hydrogen) atoms. The van der Waals surface area contributed by atoms with E-state index in [0.29, 0.717) is 27.3 Å². The summed E-state index contributed by atoms with van der Waals surface area (Å²) < 4.78 is 41.7. The summed E-state index contributed by atoms with van der Waals surface area (Å²) in [6.07, 6.45) is -3.08. The van der Waals surface area contributed by atoms with E-state index in [1.807, 2.05) is 12.1 Å². The summed E-state index contributed by atoms with van der Waals surface area (Å²) >= 11 is 4.53. The summed E-state index contributed by atoms with van der Waals surface area (Å²) in [4.78, 5) is 40.4. The van der Waals surface area contributed by atoms with E-state index >= 15 is 0 Å². The SMILES string of the molecule is O=C(Nc1ccc(SC(C(=O)Nc2ccccc2C(F)(F)F)c2ccccc2)cc1)/C(=C/c1ccc(Br)cc1)NC(=O)c1ccccc1. The molecule has 0 saturated heterocycles. The fourth-order valence-corrected chi connectivity index (χ4v) is 5.85. The molecule has 6 nitrogen and oxygen atoms in total. The third kappa shape index (κ3) is 9.24. The van der Waals surface area contributed by atoms with Crippen molar-refractivity contribution >= 4 is 62.9 Å². The number of hydrogen-bond donors (Lipinski definition) is 3. The van der Waals surface area contributed by atoms with Crippen molar-refractivity contribution in [3.8, 4) is 0 Å². The van der Waals surface area contributed by atoms with Crippen LogP contribution in [0.4, 0.5) is 24.5 Å². The van der Waals surface area contributed by atoms with E-state index in [1.165, 1.54) is 18.2 Å². The molecule has 5 rings (SSSR count). The Bertz CT molecular complexity index is 1920. The van der Waals surface area contributed by atoms with Crippen LogP contribution in [0.25, 0.3) is 6.08 Å². The molecule has 0 radical (unpaired) electrons. The predicted octanol–water partition coefficient (Wildman–Crippen LogP) is 9.35. The third-order valence-corrected chi connectivity index (χ3v) is 8.70. The summed E-state index contributed by atoms with van der Waals surface area (Å²) in [6.45, 7) is 0. The van der Waals surface area contributed by atoms with E-state index < -0.39 is 34.7 Å². The molecule has 1 atom stereocenters. The van der Waals surface area contributed by atoms with Crippen molar-refractivity contribution in [2.75, 3.05) is 10.6 Å². The molecule has 5 aromatic rings. The maximum atomic E-state index is 13.6. The van der Waals surface area contributed by atoms with Crippen LogP contribution < -0.4 is 16.0 Å². The molecule has 0 aliphatic heterocycles. The van der Waals surface area contributed by atoms with Gasteiger partial charge in [-0.2, -0.15) is 13.2 Å². The van der Waals surface area contributed by atoms with Crippen LogP contribution in [-0.4, -0.2) is 17.7 Å². The molecular formula is C37H27BrF3N3O3S. The Balaban J connectivity index is 1.34. The number of anilines is 2. The second kappa shape index (κ2) is 15.6. The number of rotatable bonds is 10. The lowest BCUT2D eigenvalue weighted by Crippen LogP contribution is -2.30. The van der Waals surface area contributed by atoms with Crippen LogP contribution >= 0.6 is 27.7 Å². The summed E-state index contributed by atoms with van der Waals surface area (Å²) in [6, 6.07) is 35.9. The lowest BCUT2D eigenvalue weighted by molar-refractivity contribution is -0.137. The van der Waals surface area contributed by atoms with Crippen molar-refractivity contribution < 1.29 is 27.6 Å². The Morgan fingerprint density at radius 2 is 1.31 bits per heavy atom. The van der Waals surface area contributed by atoms with Gasteiger partial charge in [-0.05, 0) is 77.9 Å². The first-order valence-electron chi connectivity index (χ1n) is 14.5. The number of thioether (sulfide) groups is 1. The number of amides is 3. The van der Waals surface area contributed by atoms with E-state index in [1.54, 1.807) is 103 Å². The Morgan fingerprint density at radius 1 is 0.708 bits per heavy atom. The van der Waals surface area contributed by atoms with Gasteiger partial charge in [0, 0.05) is 20.6 Å². The van der Waals surface area contributed by atoms with Crippen LogP contribution in [0.2, 0.25) is 0 Å². The standard InChI is InChI=1S/C37H27BrF3N3O3S/c38-27-17-15-24(16-18-27)23-32(44-34(45)26-11-5-2-6-12-26)35(46)42-28-19-21-29(22-20-28)48-33(25-9-3-1-4-10-25)36(47)43-31-14-8-7-13-30(31)37(39,40)41/h1-23,33H,(H,42,46)(H,43,47)(H,44,45)/b32-23-. The molecule has 11 heteroatoms. The Hall–Kier alpha value is -5.13. The average molecular weight is 731 g/mol. The zero-order valence-corrected chi connectivity index (χ0v) is 27.4. The zero-order chi connectivity index (χ0) is 34.1. The molecule has 3 N–H and O–H groups in total. The van der Waals surface area contributed by atoms with Gasteiger partial charge < -0.3 is 16.0 Å². The summed E-state index contributed by atoms with van der Waals surface area (Å²) in [5.41, 5.74) is 0.826. The lowest BCUT2D eigenvalue weighted by Gasteiger charge is -2.19. The van der Waals surface area contributed by atoms with Crippen LogP contribution in [0.15, 0.2) is 149 Å². The number of benzene rings is 5. The molecule has 0 bridgehead atoms. The van der Waals surface area contributed by atoms with Crippen molar-refractivity contribution in [1.82, 2.24) is 5.32 Å². The Labute approximate surface area is 287 Å². The second-order valence-electron chi connectivity index (χ2n) is 10.3. The fraction of sp³-hybridized carbons (Fsp3) is 0.0541. The van der Waals surface area contributed by atoms with E-state index in [9.17, 15) is 27.6 Å². The highest BCUT2D eigenvalue weighted by molar-refractivity contribution is 9.10. The minimum atomic E-state index is -4.64. The first-order chi connectivity index (χ1) is 23.1. The van der Waals surface area contributed by atoms with Crippen LogP contribution in [-0.2, 0) is 15.8 Å². The van der Waals surface area contributed by atoms with Crippen molar-refractivity contribution in [2.24, 2.45) is 0 Å². The highest BCUT2D eigenvalue weighted by atomic mass is 79.9. The van der Waals surface area contributed by atoms with Crippen LogP contribution in [0.1, 0.15) is 32.3 Å². The van der Waals surface area contributed by atoms with Crippen LogP contribution in [0, 0.1) is 0 Å².